The van der Waals surface area contributed by atoms with Crippen LogP contribution in [0.15, 0.2) is 22.7 Å². The quantitative estimate of drug-likeness (QED) is 0.866. The van der Waals surface area contributed by atoms with Gasteiger partial charge in [0.05, 0.1) is 29.6 Å². The molecular formula is C15H19BrN2O3. The Morgan fingerprint density at radius 3 is 2.67 bits per heavy atom. The molecule has 2 aromatic rings. The van der Waals surface area contributed by atoms with Gasteiger partial charge in [-0.05, 0) is 40.0 Å². The molecule has 21 heavy (non-hydrogen) atoms. The van der Waals surface area contributed by atoms with Crippen molar-refractivity contribution in [3.05, 3.63) is 39.6 Å². The van der Waals surface area contributed by atoms with Gasteiger partial charge in [-0.3, -0.25) is 4.68 Å². The first-order valence-electron chi connectivity index (χ1n) is 6.71. The number of aryl methyl sites for hydroxylation is 2. The van der Waals surface area contributed by atoms with Crippen LogP contribution in [0, 0.1) is 0 Å². The average Bonchev–Trinajstić information content (AvgIpc) is 2.79. The summed E-state index contributed by atoms with van der Waals surface area (Å²) in [5.41, 5.74) is 2.77. The first kappa shape index (κ1) is 15.9. The summed E-state index contributed by atoms with van der Waals surface area (Å²) in [5, 5.41) is 13.6. The van der Waals surface area contributed by atoms with Crippen molar-refractivity contribution < 1.29 is 14.6 Å². The third kappa shape index (κ3) is 3.39. The maximum atomic E-state index is 9.14. The second-order valence-electron chi connectivity index (χ2n) is 4.62. The van der Waals surface area contributed by atoms with Crippen molar-refractivity contribution in [2.75, 3.05) is 7.11 Å². The van der Waals surface area contributed by atoms with Crippen LogP contribution in [0.2, 0.25) is 0 Å². The van der Waals surface area contributed by atoms with E-state index in [1.165, 1.54) is 0 Å². The summed E-state index contributed by atoms with van der Waals surface area (Å²) in [4.78, 5) is 0. The largest absolute Gasteiger partial charge is 0.493 e. The Balaban J connectivity index is 2.18. The molecule has 0 aliphatic carbocycles. The number of benzene rings is 1. The molecule has 114 valence electrons. The van der Waals surface area contributed by atoms with Crippen molar-refractivity contribution >= 4 is 15.9 Å². The highest BCUT2D eigenvalue weighted by Crippen LogP contribution is 2.30. The maximum Gasteiger partial charge on any atom is 0.161 e. The number of hydrogen-bond acceptors (Lipinski definition) is 4. The van der Waals surface area contributed by atoms with Crippen molar-refractivity contribution in [2.24, 2.45) is 7.05 Å². The molecule has 0 saturated carbocycles. The maximum absolute atomic E-state index is 9.14. The molecule has 0 aliphatic rings. The van der Waals surface area contributed by atoms with Crippen LogP contribution in [0.1, 0.15) is 23.9 Å². The highest BCUT2D eigenvalue weighted by Gasteiger charge is 2.14. The van der Waals surface area contributed by atoms with Crippen LogP contribution < -0.4 is 9.47 Å². The Morgan fingerprint density at radius 1 is 1.33 bits per heavy atom. The van der Waals surface area contributed by atoms with Gasteiger partial charge in [0.25, 0.3) is 0 Å². The molecule has 0 radical (unpaired) electrons. The molecule has 1 heterocycles. The summed E-state index contributed by atoms with van der Waals surface area (Å²) in [6.45, 7) is 2.43. The Hall–Kier alpha value is -1.53. The normalized spacial score (nSPS) is 10.7. The molecule has 5 nitrogen and oxygen atoms in total. The standard InChI is InChI=1S/C15H19BrN2O3/c1-4-11-15(16)12(18(2)17-11)9-21-13-6-5-10(8-19)7-14(13)20-3/h5-7,19H,4,8-9H2,1-3H3. The van der Waals surface area contributed by atoms with Crippen LogP contribution in [-0.2, 0) is 26.7 Å². The van der Waals surface area contributed by atoms with Gasteiger partial charge in [0, 0.05) is 7.05 Å². The third-order valence-electron chi connectivity index (χ3n) is 3.28. The predicted octanol–water partition coefficient (Wildman–Crippen LogP) is 2.82. The zero-order valence-corrected chi connectivity index (χ0v) is 14.0. The van der Waals surface area contributed by atoms with Gasteiger partial charge >= 0.3 is 0 Å². The van der Waals surface area contributed by atoms with Crippen molar-refractivity contribution in [3.8, 4) is 11.5 Å². The molecule has 1 aromatic heterocycles. The molecule has 0 amide bonds. The fourth-order valence-corrected chi connectivity index (χ4v) is 2.78. The van der Waals surface area contributed by atoms with Gasteiger partial charge in [-0.1, -0.05) is 13.0 Å². The fourth-order valence-electron chi connectivity index (χ4n) is 2.05. The van der Waals surface area contributed by atoms with E-state index in [0.29, 0.717) is 18.1 Å². The molecule has 0 saturated heterocycles. The molecule has 0 fully saturated rings. The van der Waals surface area contributed by atoms with Crippen LogP contribution in [-0.4, -0.2) is 22.0 Å². The van der Waals surface area contributed by atoms with Crippen LogP contribution >= 0.6 is 15.9 Å². The van der Waals surface area contributed by atoms with E-state index in [9.17, 15) is 0 Å². The molecular weight excluding hydrogens is 336 g/mol. The lowest BCUT2D eigenvalue weighted by Crippen LogP contribution is -2.04. The van der Waals surface area contributed by atoms with E-state index < -0.39 is 0 Å². The number of aromatic nitrogens is 2. The van der Waals surface area contributed by atoms with Gasteiger partial charge in [-0.25, -0.2) is 0 Å². The van der Waals surface area contributed by atoms with E-state index in [-0.39, 0.29) is 6.61 Å². The van der Waals surface area contributed by atoms with E-state index in [2.05, 4.69) is 28.0 Å². The molecule has 0 aliphatic heterocycles. The van der Waals surface area contributed by atoms with Gasteiger partial charge in [-0.15, -0.1) is 0 Å². The molecule has 1 aromatic carbocycles. The van der Waals surface area contributed by atoms with Gasteiger partial charge in [0.2, 0.25) is 0 Å². The van der Waals surface area contributed by atoms with Crippen LogP contribution in [0.4, 0.5) is 0 Å². The molecule has 6 heteroatoms. The second kappa shape index (κ2) is 6.95. The van der Waals surface area contributed by atoms with E-state index >= 15 is 0 Å². The topological polar surface area (TPSA) is 56.5 Å². The zero-order chi connectivity index (χ0) is 15.4. The lowest BCUT2D eigenvalue weighted by Gasteiger charge is -2.12. The average molecular weight is 355 g/mol. The number of nitrogens with zero attached hydrogens (tertiary/aromatic N) is 2. The summed E-state index contributed by atoms with van der Waals surface area (Å²) < 4.78 is 13.9. The molecule has 1 N–H and O–H groups in total. The van der Waals surface area contributed by atoms with Gasteiger partial charge in [0.15, 0.2) is 11.5 Å². The summed E-state index contributed by atoms with van der Waals surface area (Å²) >= 11 is 3.57. The van der Waals surface area contributed by atoms with E-state index in [1.54, 1.807) is 19.2 Å². The number of hydrogen-bond donors (Lipinski definition) is 1. The number of rotatable bonds is 6. The molecule has 0 unspecified atom stereocenters. The minimum Gasteiger partial charge on any atom is -0.493 e. The minimum atomic E-state index is -0.0240. The van der Waals surface area contributed by atoms with Gasteiger partial charge in [-0.2, -0.15) is 5.10 Å². The number of aliphatic hydroxyl groups is 1. The minimum absolute atomic E-state index is 0.0240. The Bertz CT molecular complexity index is 626. The summed E-state index contributed by atoms with van der Waals surface area (Å²) in [6, 6.07) is 5.38. The van der Waals surface area contributed by atoms with Crippen LogP contribution in [0.25, 0.3) is 0 Å². The number of ether oxygens (including phenoxy) is 2. The van der Waals surface area contributed by atoms with Gasteiger partial charge < -0.3 is 14.6 Å². The fraction of sp³-hybridized carbons (Fsp3) is 0.400. The van der Waals surface area contributed by atoms with Crippen molar-refractivity contribution in [3.63, 3.8) is 0 Å². The Kier molecular flexibility index (Phi) is 5.25. The third-order valence-corrected chi connectivity index (χ3v) is 4.19. The monoisotopic (exact) mass is 354 g/mol. The smallest absolute Gasteiger partial charge is 0.161 e. The van der Waals surface area contributed by atoms with Crippen molar-refractivity contribution in [1.82, 2.24) is 9.78 Å². The lowest BCUT2D eigenvalue weighted by molar-refractivity contribution is 0.269. The zero-order valence-electron chi connectivity index (χ0n) is 12.4. The number of halogens is 1. The predicted molar refractivity (Wildman–Crippen MR) is 83.5 cm³/mol. The lowest BCUT2D eigenvalue weighted by atomic mass is 10.2. The van der Waals surface area contributed by atoms with Crippen LogP contribution in [0.3, 0.4) is 0 Å². The Labute approximate surface area is 132 Å². The molecule has 0 spiro atoms. The van der Waals surface area contributed by atoms with E-state index in [1.807, 2.05) is 17.8 Å². The first-order valence-corrected chi connectivity index (χ1v) is 7.50. The number of aliphatic hydroxyl groups excluding tert-OH is 1. The number of methoxy groups -OCH3 is 1. The van der Waals surface area contributed by atoms with Gasteiger partial charge in [0.1, 0.15) is 6.61 Å². The highest BCUT2D eigenvalue weighted by molar-refractivity contribution is 9.10. The van der Waals surface area contributed by atoms with Crippen LogP contribution in [0.5, 0.6) is 11.5 Å². The van der Waals surface area contributed by atoms with E-state index in [0.717, 1.165) is 27.8 Å². The Morgan fingerprint density at radius 2 is 2.10 bits per heavy atom. The molecule has 0 bridgehead atoms. The SMILES string of the molecule is CCc1nn(C)c(COc2ccc(CO)cc2OC)c1Br. The summed E-state index contributed by atoms with van der Waals surface area (Å²) in [5.74, 6) is 1.25. The summed E-state index contributed by atoms with van der Waals surface area (Å²) in [6.07, 6.45) is 0.864. The second-order valence-corrected chi connectivity index (χ2v) is 5.41. The molecule has 0 atom stereocenters. The summed E-state index contributed by atoms with van der Waals surface area (Å²) in [7, 11) is 3.48. The van der Waals surface area contributed by atoms with Crippen molar-refractivity contribution in [2.45, 2.75) is 26.6 Å². The van der Waals surface area contributed by atoms with E-state index in [4.69, 9.17) is 14.6 Å². The molecule has 2 rings (SSSR count). The highest BCUT2D eigenvalue weighted by atomic mass is 79.9. The first-order chi connectivity index (χ1) is 10.1. The van der Waals surface area contributed by atoms with Crippen molar-refractivity contribution in [1.29, 1.82) is 0 Å².